The van der Waals surface area contributed by atoms with Crippen LogP contribution in [0.3, 0.4) is 0 Å². The zero-order valence-electron chi connectivity index (χ0n) is 10.8. The molecular formula is C13H19NO4. The topological polar surface area (TPSA) is 73.9 Å². The van der Waals surface area contributed by atoms with E-state index in [0.717, 1.165) is 5.56 Å². The molecule has 1 aromatic carbocycles. The molecular weight excluding hydrogens is 234 g/mol. The lowest BCUT2D eigenvalue weighted by molar-refractivity contribution is 0.0978. The molecule has 0 aromatic heterocycles. The zero-order valence-corrected chi connectivity index (χ0v) is 10.8. The van der Waals surface area contributed by atoms with Crippen molar-refractivity contribution < 1.29 is 19.3 Å². The average molecular weight is 253 g/mol. The Morgan fingerprint density at radius 2 is 2.06 bits per heavy atom. The summed E-state index contributed by atoms with van der Waals surface area (Å²) in [7, 11) is 1.56. The largest absolute Gasteiger partial charge is 0.493 e. The molecule has 0 fully saturated rings. The van der Waals surface area contributed by atoms with E-state index in [1.54, 1.807) is 19.2 Å². The molecule has 1 aliphatic heterocycles. The molecule has 0 unspecified atom stereocenters. The Kier molecular flexibility index (Phi) is 3.63. The number of fused-ring (bicyclic) bond motifs is 1. The van der Waals surface area contributed by atoms with Crippen molar-refractivity contribution in [2.75, 3.05) is 13.9 Å². The van der Waals surface area contributed by atoms with Gasteiger partial charge < -0.3 is 25.1 Å². The van der Waals surface area contributed by atoms with Crippen molar-refractivity contribution in [1.82, 2.24) is 0 Å². The van der Waals surface area contributed by atoms with Crippen molar-refractivity contribution in [2.24, 2.45) is 11.7 Å². The molecule has 0 spiro atoms. The first-order chi connectivity index (χ1) is 8.54. The number of ether oxygens (including phenoxy) is 3. The highest BCUT2D eigenvalue weighted by atomic mass is 16.7. The molecule has 1 heterocycles. The third-order valence-corrected chi connectivity index (χ3v) is 3.12. The van der Waals surface area contributed by atoms with Gasteiger partial charge in [-0.15, -0.1) is 0 Å². The molecule has 0 saturated heterocycles. The fourth-order valence-corrected chi connectivity index (χ4v) is 1.95. The maximum Gasteiger partial charge on any atom is 0.231 e. The molecule has 1 aromatic rings. The molecule has 1 aliphatic rings. The summed E-state index contributed by atoms with van der Waals surface area (Å²) in [5.74, 6) is 1.85. The maximum atomic E-state index is 10.0. The molecule has 0 bridgehead atoms. The summed E-state index contributed by atoms with van der Waals surface area (Å²) in [6, 6.07) is 3.10. The van der Waals surface area contributed by atoms with E-state index in [1.165, 1.54) is 0 Å². The maximum absolute atomic E-state index is 10.0. The lowest BCUT2D eigenvalue weighted by Crippen LogP contribution is -2.30. The molecule has 100 valence electrons. The molecule has 3 N–H and O–H groups in total. The van der Waals surface area contributed by atoms with Crippen LogP contribution in [0.4, 0.5) is 0 Å². The minimum Gasteiger partial charge on any atom is -0.493 e. The van der Waals surface area contributed by atoms with Crippen LogP contribution in [0.25, 0.3) is 0 Å². The first kappa shape index (κ1) is 13.0. The van der Waals surface area contributed by atoms with Crippen LogP contribution < -0.4 is 19.9 Å². The number of aliphatic hydroxyl groups is 1. The molecule has 0 aliphatic carbocycles. The predicted octanol–water partition coefficient (Wildman–Crippen LogP) is 1.44. The van der Waals surface area contributed by atoms with Gasteiger partial charge in [-0.1, -0.05) is 13.8 Å². The molecule has 5 nitrogen and oxygen atoms in total. The van der Waals surface area contributed by atoms with Crippen LogP contribution in [0.2, 0.25) is 0 Å². The smallest absolute Gasteiger partial charge is 0.231 e. The Bertz CT molecular complexity index is 433. The van der Waals surface area contributed by atoms with Gasteiger partial charge in [0.15, 0.2) is 11.5 Å². The van der Waals surface area contributed by atoms with Gasteiger partial charge in [-0.05, 0) is 23.6 Å². The Morgan fingerprint density at radius 3 is 2.67 bits per heavy atom. The van der Waals surface area contributed by atoms with Gasteiger partial charge in [-0.3, -0.25) is 0 Å². The molecule has 0 amide bonds. The number of aliphatic hydroxyl groups excluding tert-OH is 1. The summed E-state index contributed by atoms with van der Waals surface area (Å²) in [5.41, 5.74) is 6.83. The lowest BCUT2D eigenvalue weighted by Gasteiger charge is -2.23. The highest BCUT2D eigenvalue weighted by Gasteiger charge is 2.25. The van der Waals surface area contributed by atoms with Gasteiger partial charge in [-0.2, -0.15) is 0 Å². The summed E-state index contributed by atoms with van der Waals surface area (Å²) >= 11 is 0. The number of methoxy groups -OCH3 is 1. The van der Waals surface area contributed by atoms with Gasteiger partial charge in [0.1, 0.15) is 0 Å². The fraction of sp³-hybridized carbons (Fsp3) is 0.538. The van der Waals surface area contributed by atoms with Crippen LogP contribution in [0, 0.1) is 5.92 Å². The monoisotopic (exact) mass is 253 g/mol. The van der Waals surface area contributed by atoms with Crippen molar-refractivity contribution in [3.8, 4) is 17.2 Å². The van der Waals surface area contributed by atoms with Gasteiger partial charge in [0.25, 0.3) is 0 Å². The Morgan fingerprint density at radius 1 is 1.33 bits per heavy atom. The third kappa shape index (κ3) is 2.23. The van der Waals surface area contributed by atoms with Gasteiger partial charge in [0, 0.05) is 0 Å². The zero-order chi connectivity index (χ0) is 13.3. The third-order valence-electron chi connectivity index (χ3n) is 3.12. The van der Waals surface area contributed by atoms with Gasteiger partial charge in [0.05, 0.1) is 19.3 Å². The second kappa shape index (κ2) is 5.04. The highest BCUT2D eigenvalue weighted by molar-refractivity contribution is 5.55. The summed E-state index contributed by atoms with van der Waals surface area (Å²) < 4.78 is 15.9. The SMILES string of the molecule is COc1cc([C@H](N)[C@H](O)C(C)C)cc2c1OCO2. The van der Waals surface area contributed by atoms with E-state index in [0.29, 0.717) is 17.2 Å². The van der Waals surface area contributed by atoms with Crippen LogP contribution in [-0.4, -0.2) is 25.1 Å². The van der Waals surface area contributed by atoms with Crippen LogP contribution in [-0.2, 0) is 0 Å². The molecule has 5 heteroatoms. The fourth-order valence-electron chi connectivity index (χ4n) is 1.95. The number of rotatable bonds is 4. The number of benzene rings is 1. The number of nitrogens with two attached hydrogens (primary N) is 1. The van der Waals surface area contributed by atoms with E-state index < -0.39 is 12.1 Å². The molecule has 18 heavy (non-hydrogen) atoms. The van der Waals surface area contributed by atoms with Crippen molar-refractivity contribution in [2.45, 2.75) is 26.0 Å². The van der Waals surface area contributed by atoms with Crippen molar-refractivity contribution in [1.29, 1.82) is 0 Å². The predicted molar refractivity (Wildman–Crippen MR) is 66.9 cm³/mol. The van der Waals surface area contributed by atoms with E-state index in [-0.39, 0.29) is 12.7 Å². The molecule has 0 saturated carbocycles. The van der Waals surface area contributed by atoms with Crippen LogP contribution in [0.1, 0.15) is 25.5 Å². The quantitative estimate of drug-likeness (QED) is 0.849. The van der Waals surface area contributed by atoms with Gasteiger partial charge >= 0.3 is 0 Å². The average Bonchev–Trinajstić information content (AvgIpc) is 2.83. The molecule has 2 atom stereocenters. The summed E-state index contributed by atoms with van der Waals surface area (Å²) in [6.45, 7) is 4.03. The minimum absolute atomic E-state index is 0.0800. The van der Waals surface area contributed by atoms with E-state index in [9.17, 15) is 5.11 Å². The van der Waals surface area contributed by atoms with Crippen molar-refractivity contribution >= 4 is 0 Å². The Balaban J connectivity index is 2.34. The first-order valence-electron chi connectivity index (χ1n) is 5.95. The van der Waals surface area contributed by atoms with E-state index in [4.69, 9.17) is 19.9 Å². The van der Waals surface area contributed by atoms with Crippen LogP contribution in [0.5, 0.6) is 17.2 Å². The highest BCUT2D eigenvalue weighted by Crippen LogP contribution is 2.43. The van der Waals surface area contributed by atoms with E-state index in [1.807, 2.05) is 13.8 Å². The minimum atomic E-state index is -0.616. The van der Waals surface area contributed by atoms with Gasteiger partial charge in [-0.25, -0.2) is 0 Å². The lowest BCUT2D eigenvalue weighted by atomic mass is 9.94. The standard InChI is InChI=1S/C13H19NO4/c1-7(2)12(15)11(14)8-4-9(16-3)13-10(5-8)17-6-18-13/h4-5,7,11-12,15H,6,14H2,1-3H3/t11-,12+/m0/s1. The van der Waals surface area contributed by atoms with Gasteiger partial charge in [0.2, 0.25) is 12.5 Å². The van der Waals surface area contributed by atoms with Crippen molar-refractivity contribution in [3.63, 3.8) is 0 Å². The Hall–Kier alpha value is -1.46. The Labute approximate surface area is 106 Å². The second-order valence-corrected chi connectivity index (χ2v) is 4.72. The number of hydrogen-bond donors (Lipinski definition) is 2. The van der Waals surface area contributed by atoms with E-state index >= 15 is 0 Å². The van der Waals surface area contributed by atoms with Crippen LogP contribution >= 0.6 is 0 Å². The summed E-state index contributed by atoms with van der Waals surface area (Å²) in [5, 5.41) is 10.0. The normalized spacial score (nSPS) is 16.8. The second-order valence-electron chi connectivity index (χ2n) is 4.72. The first-order valence-corrected chi connectivity index (χ1v) is 5.95. The van der Waals surface area contributed by atoms with E-state index in [2.05, 4.69) is 0 Å². The summed E-state index contributed by atoms with van der Waals surface area (Å²) in [4.78, 5) is 0. The summed E-state index contributed by atoms with van der Waals surface area (Å²) in [6.07, 6.45) is -0.616. The van der Waals surface area contributed by atoms with Crippen molar-refractivity contribution in [3.05, 3.63) is 17.7 Å². The molecule has 2 rings (SSSR count). The number of hydrogen-bond acceptors (Lipinski definition) is 5. The van der Waals surface area contributed by atoms with Crippen LogP contribution in [0.15, 0.2) is 12.1 Å². The molecule has 0 radical (unpaired) electrons.